The van der Waals surface area contributed by atoms with E-state index in [2.05, 4.69) is 10.5 Å². The number of hydrogen-bond acceptors (Lipinski definition) is 4. The number of methoxy groups -OCH3 is 1. The first-order valence-electron chi connectivity index (χ1n) is 6.90. The zero-order valence-corrected chi connectivity index (χ0v) is 13.8. The average molecular weight is 333 g/mol. The Bertz CT molecular complexity index is 772. The van der Waals surface area contributed by atoms with Gasteiger partial charge in [0.05, 0.1) is 29.1 Å². The lowest BCUT2D eigenvalue weighted by Crippen LogP contribution is -2.04. The molecule has 2 aromatic carbocycles. The van der Waals surface area contributed by atoms with Crippen LogP contribution in [0.4, 0.5) is 5.69 Å². The van der Waals surface area contributed by atoms with Gasteiger partial charge in [-0.2, -0.15) is 5.10 Å². The molecule has 0 aliphatic rings. The van der Waals surface area contributed by atoms with Gasteiger partial charge in [-0.1, -0.05) is 23.2 Å². The second-order valence-corrected chi connectivity index (χ2v) is 5.42. The summed E-state index contributed by atoms with van der Waals surface area (Å²) in [6.07, 6.45) is 0. The number of aryl methyl sites for hydroxylation is 1. The number of carbonyl (C=O) groups is 1. The lowest BCUT2D eigenvalue weighted by molar-refractivity contribution is 0.0697. The molecule has 0 amide bonds. The molecule has 120 valence electrons. The van der Waals surface area contributed by atoms with Gasteiger partial charge in [0.15, 0.2) is 0 Å². The molecular formula is C17H17ClN2O3. The van der Waals surface area contributed by atoms with Crippen molar-refractivity contribution in [1.82, 2.24) is 0 Å². The van der Waals surface area contributed by atoms with Gasteiger partial charge in [-0.15, -0.1) is 0 Å². The van der Waals surface area contributed by atoms with Gasteiger partial charge in [0.1, 0.15) is 5.75 Å². The molecule has 0 atom stereocenters. The van der Waals surface area contributed by atoms with E-state index in [9.17, 15) is 4.79 Å². The fourth-order valence-corrected chi connectivity index (χ4v) is 2.21. The molecule has 2 rings (SSSR count). The predicted octanol–water partition coefficient (Wildman–Crippen LogP) is 4.19. The summed E-state index contributed by atoms with van der Waals surface area (Å²) in [6, 6.07) is 10.2. The third kappa shape index (κ3) is 4.02. The van der Waals surface area contributed by atoms with Gasteiger partial charge in [0.25, 0.3) is 0 Å². The molecular weight excluding hydrogens is 316 g/mol. The zero-order chi connectivity index (χ0) is 17.0. The van der Waals surface area contributed by atoms with E-state index in [-0.39, 0.29) is 5.56 Å². The van der Waals surface area contributed by atoms with Gasteiger partial charge in [-0.3, -0.25) is 5.43 Å². The first kappa shape index (κ1) is 16.8. The quantitative estimate of drug-likeness (QED) is 0.636. The third-order valence-corrected chi connectivity index (χ3v) is 3.63. The summed E-state index contributed by atoms with van der Waals surface area (Å²) in [5.74, 6) is -0.310. The minimum atomic E-state index is -1.02. The number of rotatable bonds is 5. The number of hydrogen-bond donors (Lipinski definition) is 2. The van der Waals surface area contributed by atoms with Crippen molar-refractivity contribution in [1.29, 1.82) is 0 Å². The minimum absolute atomic E-state index is 0.137. The van der Waals surface area contributed by atoms with Gasteiger partial charge in [0, 0.05) is 5.56 Å². The highest BCUT2D eigenvalue weighted by molar-refractivity contribution is 6.33. The lowest BCUT2D eigenvalue weighted by atomic mass is 10.1. The van der Waals surface area contributed by atoms with E-state index >= 15 is 0 Å². The fraction of sp³-hybridized carbons (Fsp3) is 0.176. The van der Waals surface area contributed by atoms with Gasteiger partial charge in [0.2, 0.25) is 0 Å². The smallest absolute Gasteiger partial charge is 0.335 e. The molecule has 0 saturated heterocycles. The molecule has 0 bridgehead atoms. The van der Waals surface area contributed by atoms with Crippen molar-refractivity contribution in [2.45, 2.75) is 13.8 Å². The molecule has 0 aliphatic carbocycles. The number of halogens is 1. The first-order chi connectivity index (χ1) is 10.9. The third-order valence-electron chi connectivity index (χ3n) is 3.30. The molecule has 0 radical (unpaired) electrons. The summed E-state index contributed by atoms with van der Waals surface area (Å²) in [5.41, 5.74) is 6.01. The van der Waals surface area contributed by atoms with Crippen LogP contribution < -0.4 is 10.2 Å². The van der Waals surface area contributed by atoms with E-state index in [0.717, 1.165) is 11.1 Å². The SMILES string of the molecule is COc1ccc(C)cc1/C(C)=N\Nc1cc(C(=O)O)ccc1Cl. The molecule has 0 unspecified atom stereocenters. The number of hydrazone groups is 1. The Kier molecular flexibility index (Phi) is 5.24. The van der Waals surface area contributed by atoms with E-state index in [1.54, 1.807) is 7.11 Å². The van der Waals surface area contributed by atoms with Crippen LogP contribution in [0.25, 0.3) is 0 Å². The second kappa shape index (κ2) is 7.15. The number of nitrogens with zero attached hydrogens (tertiary/aromatic N) is 1. The van der Waals surface area contributed by atoms with Gasteiger partial charge in [-0.25, -0.2) is 4.79 Å². The van der Waals surface area contributed by atoms with Crippen LogP contribution in [0.5, 0.6) is 5.75 Å². The summed E-state index contributed by atoms with van der Waals surface area (Å²) < 4.78 is 5.34. The van der Waals surface area contributed by atoms with E-state index < -0.39 is 5.97 Å². The topological polar surface area (TPSA) is 70.9 Å². The highest BCUT2D eigenvalue weighted by Gasteiger charge is 2.09. The maximum atomic E-state index is 11.0. The summed E-state index contributed by atoms with van der Waals surface area (Å²) in [5, 5.41) is 13.7. The average Bonchev–Trinajstić information content (AvgIpc) is 2.53. The number of benzene rings is 2. The molecule has 2 aromatic rings. The Morgan fingerprint density at radius 3 is 2.65 bits per heavy atom. The maximum absolute atomic E-state index is 11.0. The second-order valence-electron chi connectivity index (χ2n) is 5.01. The highest BCUT2D eigenvalue weighted by Crippen LogP contribution is 2.24. The van der Waals surface area contributed by atoms with Crippen molar-refractivity contribution in [3.05, 3.63) is 58.1 Å². The van der Waals surface area contributed by atoms with E-state index in [0.29, 0.717) is 22.2 Å². The van der Waals surface area contributed by atoms with Crippen LogP contribution in [0.15, 0.2) is 41.5 Å². The molecule has 0 fully saturated rings. The molecule has 0 aliphatic heterocycles. The number of carboxylic acids is 1. The van der Waals surface area contributed by atoms with Crippen LogP contribution in [0, 0.1) is 6.92 Å². The fourth-order valence-electron chi connectivity index (χ4n) is 2.05. The molecule has 23 heavy (non-hydrogen) atoms. The van der Waals surface area contributed by atoms with Crippen LogP contribution in [-0.4, -0.2) is 23.9 Å². The van der Waals surface area contributed by atoms with E-state index in [1.807, 2.05) is 32.0 Å². The van der Waals surface area contributed by atoms with Gasteiger partial charge < -0.3 is 9.84 Å². The molecule has 6 heteroatoms. The van der Waals surface area contributed by atoms with Crippen molar-refractivity contribution >= 4 is 29.0 Å². The lowest BCUT2D eigenvalue weighted by Gasteiger charge is -2.10. The Morgan fingerprint density at radius 2 is 2.00 bits per heavy atom. The molecule has 5 nitrogen and oxygen atoms in total. The first-order valence-corrected chi connectivity index (χ1v) is 7.28. The van der Waals surface area contributed by atoms with Crippen LogP contribution in [0.1, 0.15) is 28.4 Å². The van der Waals surface area contributed by atoms with Crippen LogP contribution in [-0.2, 0) is 0 Å². The highest BCUT2D eigenvalue weighted by atomic mass is 35.5. The number of carboxylic acid groups (broad SMARTS) is 1. The van der Waals surface area contributed by atoms with Crippen LogP contribution in [0.2, 0.25) is 5.02 Å². The monoisotopic (exact) mass is 332 g/mol. The van der Waals surface area contributed by atoms with Crippen LogP contribution >= 0.6 is 11.6 Å². The molecule has 0 spiro atoms. The number of anilines is 1. The van der Waals surface area contributed by atoms with Crippen molar-refractivity contribution in [2.24, 2.45) is 5.10 Å². The van der Waals surface area contributed by atoms with Crippen molar-refractivity contribution in [2.75, 3.05) is 12.5 Å². The number of aromatic carboxylic acids is 1. The van der Waals surface area contributed by atoms with Gasteiger partial charge in [-0.05, 0) is 44.2 Å². The predicted molar refractivity (Wildman–Crippen MR) is 92.0 cm³/mol. The van der Waals surface area contributed by atoms with Gasteiger partial charge >= 0.3 is 5.97 Å². The largest absolute Gasteiger partial charge is 0.496 e. The Labute approximate surface area is 139 Å². The molecule has 0 saturated carbocycles. The maximum Gasteiger partial charge on any atom is 0.335 e. The minimum Gasteiger partial charge on any atom is -0.496 e. The molecule has 0 heterocycles. The van der Waals surface area contributed by atoms with E-state index in [4.69, 9.17) is 21.4 Å². The summed E-state index contributed by atoms with van der Waals surface area (Å²) >= 11 is 6.06. The number of ether oxygens (including phenoxy) is 1. The van der Waals surface area contributed by atoms with Crippen molar-refractivity contribution < 1.29 is 14.6 Å². The van der Waals surface area contributed by atoms with Crippen LogP contribution in [0.3, 0.4) is 0 Å². The standard InChI is InChI=1S/C17H17ClN2O3/c1-10-4-7-16(23-3)13(8-10)11(2)19-20-15-9-12(17(21)22)5-6-14(15)18/h4-9,20H,1-3H3,(H,21,22)/b19-11-. The van der Waals surface area contributed by atoms with Crippen molar-refractivity contribution in [3.8, 4) is 5.75 Å². The Hall–Kier alpha value is -2.53. The van der Waals surface area contributed by atoms with E-state index in [1.165, 1.54) is 18.2 Å². The summed E-state index contributed by atoms with van der Waals surface area (Å²) in [4.78, 5) is 11.0. The van der Waals surface area contributed by atoms with Crippen molar-refractivity contribution in [3.63, 3.8) is 0 Å². The number of nitrogens with one attached hydrogen (secondary N) is 1. The Balaban J connectivity index is 2.31. The molecule has 0 aromatic heterocycles. The molecule has 2 N–H and O–H groups in total. The summed E-state index contributed by atoms with van der Waals surface area (Å²) in [6.45, 7) is 3.82. The Morgan fingerprint density at radius 1 is 1.26 bits per heavy atom. The summed E-state index contributed by atoms with van der Waals surface area (Å²) in [7, 11) is 1.60. The zero-order valence-electron chi connectivity index (χ0n) is 13.1. The normalized spacial score (nSPS) is 11.2.